The van der Waals surface area contributed by atoms with Crippen molar-refractivity contribution in [3.63, 3.8) is 0 Å². The predicted molar refractivity (Wildman–Crippen MR) is 147 cm³/mol. The number of carbonyl (C=O) groups is 1. The summed E-state index contributed by atoms with van der Waals surface area (Å²) in [5.41, 5.74) is 5.96. The van der Waals surface area contributed by atoms with Gasteiger partial charge in [-0.05, 0) is 37.6 Å². The first-order valence-electron chi connectivity index (χ1n) is 11.8. The molecule has 14 nitrogen and oxygen atoms in total. The molecule has 0 fully saturated rings. The number of guanidine groups is 1. The Hall–Kier alpha value is -4.50. The van der Waals surface area contributed by atoms with Crippen LogP contribution in [0.25, 0.3) is 0 Å². The summed E-state index contributed by atoms with van der Waals surface area (Å²) in [6.45, 7) is 3.22. The molecule has 2 atom stereocenters. The van der Waals surface area contributed by atoms with Gasteiger partial charge < -0.3 is 24.3 Å². The van der Waals surface area contributed by atoms with Gasteiger partial charge in [-0.3, -0.25) is 15.6 Å². The minimum atomic E-state index is -4.32. The quantitative estimate of drug-likeness (QED) is 0.183. The number of para-hydroxylation sites is 1. The van der Waals surface area contributed by atoms with Gasteiger partial charge in [0.2, 0.25) is 11.8 Å². The number of nitrogens with one attached hydrogen (secondary N) is 3. The predicted octanol–water partition coefficient (Wildman–Crippen LogP) is 2.01. The van der Waals surface area contributed by atoms with Gasteiger partial charge in [0.15, 0.2) is 5.82 Å². The van der Waals surface area contributed by atoms with Crippen molar-refractivity contribution in [2.24, 2.45) is 4.40 Å². The summed E-state index contributed by atoms with van der Waals surface area (Å²) in [5, 5.41) is 1.61. The topological polar surface area (TPSA) is 175 Å². The molecule has 2 heterocycles. The number of carbonyl (C=O) groups excluding carboxylic acids is 1. The SMILES string of the molecule is COc1cccc(C(=O)NNC(=NS(=O)(=O)[C@@H](C)[C@H](OC)c2ncc(C)cn2)Nc2c(OC)cccc2OC)n1. The van der Waals surface area contributed by atoms with Crippen LogP contribution >= 0.6 is 0 Å². The summed E-state index contributed by atoms with van der Waals surface area (Å²) in [6, 6.07) is 9.56. The highest BCUT2D eigenvalue weighted by Gasteiger charge is 2.33. The standard InChI is InChI=1S/C25H31N7O7S/c1-15-13-26-23(27-14-15)22(39-6)16(2)40(34,35)32-25(29-21-18(36-3)10-8-11-19(21)37-4)31-30-24(33)17-9-7-12-20(28-17)38-5/h7-14,16,22H,1-6H3,(H,30,33)(H2,29,31,32)/t16-,22-/m0/s1. The molecule has 3 rings (SSSR count). The molecule has 0 aliphatic heterocycles. The van der Waals surface area contributed by atoms with Gasteiger partial charge in [0, 0.05) is 25.6 Å². The van der Waals surface area contributed by atoms with E-state index in [0.29, 0.717) is 11.5 Å². The second-order valence-electron chi connectivity index (χ2n) is 8.24. The number of hydrazine groups is 1. The van der Waals surface area contributed by atoms with Crippen molar-refractivity contribution in [3.8, 4) is 17.4 Å². The lowest BCUT2D eigenvalue weighted by molar-refractivity contribution is 0.0936. The van der Waals surface area contributed by atoms with Crippen LogP contribution in [0.4, 0.5) is 5.69 Å². The minimum absolute atomic E-state index is 0.00765. The van der Waals surface area contributed by atoms with E-state index in [-0.39, 0.29) is 29.0 Å². The lowest BCUT2D eigenvalue weighted by Crippen LogP contribution is -2.46. The van der Waals surface area contributed by atoms with Crippen LogP contribution in [-0.2, 0) is 14.8 Å². The molecule has 0 radical (unpaired) electrons. The maximum absolute atomic E-state index is 13.5. The summed E-state index contributed by atoms with van der Waals surface area (Å²) < 4.78 is 52.1. The number of benzene rings is 1. The molecule has 0 aliphatic carbocycles. The number of methoxy groups -OCH3 is 4. The molecular formula is C25H31N7O7S. The molecule has 15 heteroatoms. The summed E-state index contributed by atoms with van der Waals surface area (Å²) in [6.07, 6.45) is 2.08. The molecule has 0 saturated carbocycles. The van der Waals surface area contributed by atoms with Crippen molar-refractivity contribution in [1.82, 2.24) is 25.8 Å². The van der Waals surface area contributed by atoms with Gasteiger partial charge in [-0.15, -0.1) is 4.40 Å². The zero-order valence-electron chi connectivity index (χ0n) is 22.8. The molecule has 0 aliphatic rings. The van der Waals surface area contributed by atoms with E-state index >= 15 is 0 Å². The molecule has 3 aromatic rings. The fourth-order valence-electron chi connectivity index (χ4n) is 3.43. The Morgan fingerprint density at radius 2 is 1.55 bits per heavy atom. The van der Waals surface area contributed by atoms with E-state index in [2.05, 4.69) is 35.5 Å². The van der Waals surface area contributed by atoms with Crippen molar-refractivity contribution in [2.75, 3.05) is 33.8 Å². The molecule has 0 bridgehead atoms. The third-order valence-electron chi connectivity index (χ3n) is 5.56. The Labute approximate surface area is 232 Å². The van der Waals surface area contributed by atoms with Crippen LogP contribution in [0.2, 0.25) is 0 Å². The van der Waals surface area contributed by atoms with E-state index in [1.165, 1.54) is 41.4 Å². The summed E-state index contributed by atoms with van der Waals surface area (Å²) in [5.74, 6) is -0.0190. The van der Waals surface area contributed by atoms with Gasteiger partial charge in [-0.2, -0.15) is 0 Å². The Kier molecular flexibility index (Phi) is 10.2. The van der Waals surface area contributed by atoms with E-state index in [4.69, 9.17) is 18.9 Å². The largest absolute Gasteiger partial charge is 0.494 e. The number of aryl methyl sites for hydroxylation is 1. The van der Waals surface area contributed by atoms with Crippen LogP contribution < -0.4 is 30.4 Å². The zero-order chi connectivity index (χ0) is 29.3. The van der Waals surface area contributed by atoms with Gasteiger partial charge >= 0.3 is 0 Å². The third-order valence-corrected chi connectivity index (χ3v) is 7.18. The number of amides is 1. The number of ether oxygens (including phenoxy) is 4. The highest BCUT2D eigenvalue weighted by atomic mass is 32.2. The first-order valence-corrected chi connectivity index (χ1v) is 13.3. The van der Waals surface area contributed by atoms with Crippen LogP contribution in [0.3, 0.4) is 0 Å². The van der Waals surface area contributed by atoms with Crippen molar-refractivity contribution in [3.05, 3.63) is 65.9 Å². The van der Waals surface area contributed by atoms with E-state index in [0.717, 1.165) is 5.56 Å². The van der Waals surface area contributed by atoms with Gasteiger partial charge in [0.05, 0.1) is 21.3 Å². The second kappa shape index (κ2) is 13.5. The van der Waals surface area contributed by atoms with E-state index < -0.39 is 27.3 Å². The normalized spacial score (nSPS) is 13.1. The molecule has 0 saturated heterocycles. The van der Waals surface area contributed by atoms with Crippen LogP contribution in [0.15, 0.2) is 53.2 Å². The molecule has 3 N–H and O–H groups in total. The monoisotopic (exact) mass is 573 g/mol. The van der Waals surface area contributed by atoms with Crippen LogP contribution in [0.5, 0.6) is 17.4 Å². The van der Waals surface area contributed by atoms with E-state index in [1.54, 1.807) is 49.6 Å². The highest BCUT2D eigenvalue weighted by Crippen LogP contribution is 2.34. The fourth-order valence-corrected chi connectivity index (χ4v) is 4.48. The zero-order valence-corrected chi connectivity index (χ0v) is 23.6. The summed E-state index contributed by atoms with van der Waals surface area (Å²) in [4.78, 5) is 25.2. The minimum Gasteiger partial charge on any atom is -0.494 e. The number of nitrogens with zero attached hydrogens (tertiary/aromatic N) is 4. The van der Waals surface area contributed by atoms with Gasteiger partial charge in [0.25, 0.3) is 15.9 Å². The molecule has 0 unspecified atom stereocenters. The number of sulfonamides is 1. The fraction of sp³-hybridized carbons (Fsp3) is 0.320. The number of rotatable bonds is 10. The maximum atomic E-state index is 13.5. The number of pyridine rings is 1. The van der Waals surface area contributed by atoms with Crippen LogP contribution in [-0.4, -0.2) is 68.9 Å². The van der Waals surface area contributed by atoms with E-state index in [1.807, 2.05) is 0 Å². The van der Waals surface area contributed by atoms with Gasteiger partial charge in [0.1, 0.15) is 34.2 Å². The molecule has 1 amide bonds. The van der Waals surface area contributed by atoms with Crippen molar-refractivity contribution in [1.29, 1.82) is 0 Å². The number of anilines is 1. The lowest BCUT2D eigenvalue weighted by Gasteiger charge is -2.21. The average Bonchev–Trinajstić information content (AvgIpc) is 2.96. The number of hydrogen-bond acceptors (Lipinski definition) is 10. The first-order chi connectivity index (χ1) is 19.1. The molecule has 0 spiro atoms. The second-order valence-corrected chi connectivity index (χ2v) is 10.2. The average molecular weight is 574 g/mol. The van der Waals surface area contributed by atoms with Gasteiger partial charge in [-0.1, -0.05) is 12.1 Å². The molecule has 214 valence electrons. The van der Waals surface area contributed by atoms with Gasteiger partial charge in [-0.25, -0.2) is 23.4 Å². The first kappa shape index (κ1) is 30.0. The van der Waals surface area contributed by atoms with Crippen molar-refractivity contribution in [2.45, 2.75) is 25.2 Å². The third kappa shape index (κ3) is 7.33. The van der Waals surface area contributed by atoms with Crippen molar-refractivity contribution < 1.29 is 32.2 Å². The summed E-state index contributed by atoms with van der Waals surface area (Å²) in [7, 11) is 1.31. The van der Waals surface area contributed by atoms with Crippen LogP contribution in [0.1, 0.15) is 34.9 Å². The molecule has 40 heavy (non-hydrogen) atoms. The Morgan fingerprint density at radius 1 is 0.925 bits per heavy atom. The number of hydrogen-bond donors (Lipinski definition) is 3. The Bertz CT molecular complexity index is 1430. The smallest absolute Gasteiger partial charge is 0.288 e. The highest BCUT2D eigenvalue weighted by molar-refractivity contribution is 7.90. The Morgan fingerprint density at radius 3 is 2.12 bits per heavy atom. The molecular weight excluding hydrogens is 542 g/mol. The Balaban J connectivity index is 1.98. The number of aromatic nitrogens is 3. The molecule has 1 aromatic carbocycles. The van der Waals surface area contributed by atoms with E-state index in [9.17, 15) is 13.2 Å². The summed E-state index contributed by atoms with van der Waals surface area (Å²) >= 11 is 0. The maximum Gasteiger partial charge on any atom is 0.288 e. The van der Waals surface area contributed by atoms with Crippen molar-refractivity contribution >= 4 is 27.6 Å². The lowest BCUT2D eigenvalue weighted by atomic mass is 10.2. The molecule has 2 aromatic heterocycles. The van der Waals surface area contributed by atoms with Crippen LogP contribution in [0, 0.1) is 6.92 Å².